The van der Waals surface area contributed by atoms with Gasteiger partial charge in [0.2, 0.25) is 5.91 Å². The lowest BCUT2D eigenvalue weighted by molar-refractivity contribution is -0.146. The van der Waals surface area contributed by atoms with Crippen molar-refractivity contribution in [1.82, 2.24) is 10.6 Å². The summed E-state index contributed by atoms with van der Waals surface area (Å²) in [5.74, 6) is -1.47. The molecule has 0 saturated heterocycles. The van der Waals surface area contributed by atoms with Crippen LogP contribution in [0, 0.1) is 5.92 Å². The van der Waals surface area contributed by atoms with E-state index in [1.165, 1.54) is 25.0 Å². The molecule has 7 nitrogen and oxygen atoms in total. The minimum Gasteiger partial charge on any atom is -0.480 e. The minimum atomic E-state index is -1.33. The van der Waals surface area contributed by atoms with E-state index in [2.05, 4.69) is 34.9 Å². The number of rotatable bonds is 7. The monoisotopic (exact) mass is 464 g/mol. The molecule has 34 heavy (non-hydrogen) atoms. The third-order valence-electron chi connectivity index (χ3n) is 6.99. The predicted octanol–water partition coefficient (Wildman–Crippen LogP) is 4.45. The van der Waals surface area contributed by atoms with E-state index in [4.69, 9.17) is 4.74 Å². The second-order valence-corrected chi connectivity index (χ2v) is 9.80. The summed E-state index contributed by atoms with van der Waals surface area (Å²) >= 11 is 0. The maximum Gasteiger partial charge on any atom is 0.407 e. The van der Waals surface area contributed by atoms with Crippen molar-refractivity contribution in [3.63, 3.8) is 0 Å². The van der Waals surface area contributed by atoms with E-state index in [9.17, 15) is 19.5 Å². The Morgan fingerprint density at radius 1 is 0.971 bits per heavy atom. The first-order valence-electron chi connectivity index (χ1n) is 11.9. The Morgan fingerprint density at radius 2 is 1.56 bits per heavy atom. The van der Waals surface area contributed by atoms with Crippen molar-refractivity contribution in [1.29, 1.82) is 0 Å². The number of carbonyl (C=O) groups is 3. The molecular weight excluding hydrogens is 432 g/mol. The number of carboxylic acid groups (broad SMARTS) is 1. The average molecular weight is 465 g/mol. The smallest absolute Gasteiger partial charge is 0.407 e. The highest BCUT2D eigenvalue weighted by Crippen LogP contribution is 2.44. The molecule has 2 amide bonds. The van der Waals surface area contributed by atoms with Crippen LogP contribution in [0.2, 0.25) is 0 Å². The molecule has 0 unspecified atom stereocenters. The summed E-state index contributed by atoms with van der Waals surface area (Å²) in [4.78, 5) is 36.5. The molecular formula is C27H32N2O5. The van der Waals surface area contributed by atoms with E-state index in [0.29, 0.717) is 0 Å². The molecule has 7 heteroatoms. The van der Waals surface area contributed by atoms with Gasteiger partial charge in [-0.05, 0) is 54.9 Å². The van der Waals surface area contributed by atoms with Gasteiger partial charge < -0.3 is 20.5 Å². The van der Waals surface area contributed by atoms with Crippen molar-refractivity contribution in [2.24, 2.45) is 5.92 Å². The van der Waals surface area contributed by atoms with E-state index in [0.717, 1.165) is 36.8 Å². The van der Waals surface area contributed by atoms with Gasteiger partial charge in [0, 0.05) is 18.4 Å². The van der Waals surface area contributed by atoms with Gasteiger partial charge in [-0.2, -0.15) is 0 Å². The molecule has 2 aromatic carbocycles. The third-order valence-corrected chi connectivity index (χ3v) is 6.99. The molecule has 3 N–H and O–H groups in total. The number of nitrogens with one attached hydrogen (secondary N) is 2. The molecule has 1 saturated carbocycles. The molecule has 0 spiro atoms. The van der Waals surface area contributed by atoms with Crippen molar-refractivity contribution in [3.05, 3.63) is 59.7 Å². The van der Waals surface area contributed by atoms with Crippen molar-refractivity contribution < 1.29 is 24.2 Å². The molecule has 0 radical (unpaired) electrons. The summed E-state index contributed by atoms with van der Waals surface area (Å²) in [5, 5.41) is 14.8. The lowest BCUT2D eigenvalue weighted by atomic mass is 9.82. The fourth-order valence-electron chi connectivity index (χ4n) is 5.12. The fourth-order valence-corrected chi connectivity index (χ4v) is 5.12. The number of alkyl carbamates (subject to hydrolysis) is 1. The molecule has 2 aliphatic carbocycles. The molecule has 2 aliphatic rings. The zero-order chi connectivity index (χ0) is 24.3. The normalized spacial score (nSPS) is 19.6. The van der Waals surface area contributed by atoms with Gasteiger partial charge in [0.25, 0.3) is 0 Å². The Labute approximate surface area is 199 Å². The number of carboxylic acids is 1. The van der Waals surface area contributed by atoms with Gasteiger partial charge in [-0.3, -0.25) is 4.79 Å². The Bertz CT molecular complexity index is 1030. The maximum atomic E-state index is 12.7. The van der Waals surface area contributed by atoms with Gasteiger partial charge in [-0.1, -0.05) is 61.4 Å². The van der Waals surface area contributed by atoms with Gasteiger partial charge in [-0.15, -0.1) is 0 Å². The van der Waals surface area contributed by atoms with Gasteiger partial charge in [0.05, 0.1) is 0 Å². The van der Waals surface area contributed by atoms with Gasteiger partial charge >= 0.3 is 12.1 Å². The topological polar surface area (TPSA) is 105 Å². The number of benzene rings is 2. The summed E-state index contributed by atoms with van der Waals surface area (Å²) in [7, 11) is 0. The van der Waals surface area contributed by atoms with Gasteiger partial charge in [0.1, 0.15) is 12.1 Å². The van der Waals surface area contributed by atoms with Gasteiger partial charge in [0.15, 0.2) is 0 Å². The highest BCUT2D eigenvalue weighted by atomic mass is 16.5. The van der Waals surface area contributed by atoms with Crippen molar-refractivity contribution in [2.75, 3.05) is 6.61 Å². The summed E-state index contributed by atoms with van der Waals surface area (Å²) in [6.45, 7) is 3.16. The lowest BCUT2D eigenvalue weighted by Gasteiger charge is -2.32. The number of carbonyl (C=O) groups excluding carboxylic acids is 2. The van der Waals surface area contributed by atoms with Crippen LogP contribution in [0.5, 0.6) is 0 Å². The first-order chi connectivity index (χ1) is 16.3. The van der Waals surface area contributed by atoms with Crippen LogP contribution >= 0.6 is 0 Å². The Balaban J connectivity index is 1.36. The summed E-state index contributed by atoms with van der Waals surface area (Å²) in [5.41, 5.74) is 3.33. The van der Waals surface area contributed by atoms with Crippen LogP contribution in [-0.2, 0) is 14.3 Å². The molecule has 0 aromatic heterocycles. The van der Waals surface area contributed by atoms with Crippen LogP contribution in [0.15, 0.2) is 48.5 Å². The number of amides is 2. The predicted molar refractivity (Wildman–Crippen MR) is 128 cm³/mol. The molecule has 4 rings (SSSR count). The largest absolute Gasteiger partial charge is 0.480 e. The minimum absolute atomic E-state index is 0.00988. The van der Waals surface area contributed by atoms with Gasteiger partial charge in [-0.25, -0.2) is 9.59 Å². The van der Waals surface area contributed by atoms with E-state index < -0.39 is 17.6 Å². The zero-order valence-corrected chi connectivity index (χ0v) is 19.7. The first-order valence-corrected chi connectivity index (χ1v) is 11.9. The summed E-state index contributed by atoms with van der Waals surface area (Å²) in [6, 6.07) is 16.2. The Kier molecular flexibility index (Phi) is 6.91. The van der Waals surface area contributed by atoms with Crippen molar-refractivity contribution in [3.8, 4) is 11.1 Å². The maximum absolute atomic E-state index is 12.7. The molecule has 0 aliphatic heterocycles. The van der Waals surface area contributed by atoms with E-state index in [1.807, 2.05) is 24.3 Å². The second-order valence-electron chi connectivity index (χ2n) is 9.80. The number of ether oxygens (including phenoxy) is 1. The standard InChI is InChI=1S/C27H32N2O5/c1-27(2,25(31)32)29-24(30)15-17-9-3-8-14-23(17)28-26(33)34-16-22-20-12-6-4-10-18(20)19-11-5-7-13-21(19)22/h4-7,10-13,17,22-23H,3,8-9,14-16H2,1-2H3,(H,28,33)(H,29,30)(H,31,32)/t17-,23-/m1/s1. The van der Waals surface area contributed by atoms with E-state index >= 15 is 0 Å². The van der Waals surface area contributed by atoms with Crippen LogP contribution in [-0.4, -0.2) is 41.3 Å². The van der Waals surface area contributed by atoms with Crippen molar-refractivity contribution >= 4 is 18.0 Å². The molecule has 180 valence electrons. The number of hydrogen-bond donors (Lipinski definition) is 3. The molecule has 0 heterocycles. The van der Waals surface area contributed by atoms with E-state index in [1.54, 1.807) is 0 Å². The van der Waals surface area contributed by atoms with Crippen LogP contribution in [0.25, 0.3) is 11.1 Å². The Morgan fingerprint density at radius 3 is 2.18 bits per heavy atom. The zero-order valence-electron chi connectivity index (χ0n) is 19.7. The number of fused-ring (bicyclic) bond motifs is 3. The highest BCUT2D eigenvalue weighted by Gasteiger charge is 2.34. The van der Waals surface area contributed by atoms with Crippen LogP contribution in [0.3, 0.4) is 0 Å². The molecule has 0 bridgehead atoms. The average Bonchev–Trinajstić information content (AvgIpc) is 3.12. The summed E-state index contributed by atoms with van der Waals surface area (Å²) < 4.78 is 5.68. The lowest BCUT2D eigenvalue weighted by Crippen LogP contribution is -2.51. The first kappa shape index (κ1) is 23.8. The van der Waals surface area contributed by atoms with Crippen LogP contribution < -0.4 is 10.6 Å². The molecule has 2 atom stereocenters. The number of hydrogen-bond acceptors (Lipinski definition) is 4. The molecule has 1 fully saturated rings. The SMILES string of the molecule is CC(C)(NC(=O)C[C@H]1CCCC[C@H]1NC(=O)OCC1c2ccccc2-c2ccccc21)C(=O)O. The third kappa shape index (κ3) is 5.08. The van der Waals surface area contributed by atoms with Crippen LogP contribution in [0.1, 0.15) is 63.0 Å². The Hall–Kier alpha value is -3.35. The van der Waals surface area contributed by atoms with Crippen LogP contribution in [0.4, 0.5) is 4.79 Å². The van der Waals surface area contributed by atoms with E-state index in [-0.39, 0.29) is 36.8 Å². The molecule has 2 aromatic rings. The fraction of sp³-hybridized carbons (Fsp3) is 0.444. The number of aliphatic carboxylic acids is 1. The summed E-state index contributed by atoms with van der Waals surface area (Å²) in [6.07, 6.45) is 3.20. The van der Waals surface area contributed by atoms with Crippen molar-refractivity contribution in [2.45, 2.75) is 63.5 Å². The highest BCUT2D eigenvalue weighted by molar-refractivity contribution is 5.86. The second kappa shape index (κ2) is 9.87. The quantitative estimate of drug-likeness (QED) is 0.561.